The number of aromatic nitrogens is 2. The molecule has 154 valence electrons. The van der Waals surface area contributed by atoms with Crippen molar-refractivity contribution < 1.29 is 18.1 Å². The molecule has 0 aliphatic rings. The van der Waals surface area contributed by atoms with E-state index in [2.05, 4.69) is 4.98 Å². The van der Waals surface area contributed by atoms with Crippen LogP contribution in [0.1, 0.15) is 19.5 Å². The van der Waals surface area contributed by atoms with Crippen molar-refractivity contribution in [3.8, 4) is 5.75 Å². The highest BCUT2D eigenvalue weighted by Crippen LogP contribution is 2.31. The minimum Gasteiger partial charge on any atom is -0.480 e. The van der Waals surface area contributed by atoms with E-state index in [1.54, 1.807) is 42.8 Å². The Balaban J connectivity index is 1.88. The summed E-state index contributed by atoms with van der Waals surface area (Å²) in [7, 11) is -3.82. The third-order valence-corrected chi connectivity index (χ3v) is 6.58. The summed E-state index contributed by atoms with van der Waals surface area (Å²) in [6.07, 6.45) is 3.38. The van der Waals surface area contributed by atoms with E-state index < -0.39 is 20.6 Å². The van der Waals surface area contributed by atoms with Gasteiger partial charge in [-0.3, -0.25) is 10.1 Å². The van der Waals surface area contributed by atoms with Gasteiger partial charge >= 0.3 is 5.69 Å². The van der Waals surface area contributed by atoms with Crippen LogP contribution < -0.4 is 4.74 Å². The Hall–Kier alpha value is -2.69. The molecule has 0 aliphatic carbocycles. The second kappa shape index (κ2) is 8.36. The highest BCUT2D eigenvalue weighted by atomic mass is 35.5. The van der Waals surface area contributed by atoms with Gasteiger partial charge in [-0.2, -0.15) is 4.31 Å². The van der Waals surface area contributed by atoms with Crippen LogP contribution >= 0.6 is 11.6 Å². The first-order chi connectivity index (χ1) is 13.8. The van der Waals surface area contributed by atoms with Crippen molar-refractivity contribution in [2.45, 2.75) is 25.3 Å². The minimum atomic E-state index is -3.82. The van der Waals surface area contributed by atoms with Gasteiger partial charge in [0.25, 0.3) is 0 Å². The first kappa shape index (κ1) is 21.0. The minimum absolute atomic E-state index is 0.0255. The van der Waals surface area contributed by atoms with Gasteiger partial charge < -0.3 is 9.14 Å². The third kappa shape index (κ3) is 4.34. The highest BCUT2D eigenvalue weighted by molar-refractivity contribution is 7.89. The fourth-order valence-corrected chi connectivity index (χ4v) is 4.52. The zero-order valence-corrected chi connectivity index (χ0v) is 17.4. The Morgan fingerprint density at radius 1 is 1.21 bits per heavy atom. The van der Waals surface area contributed by atoms with Gasteiger partial charge in [-0.25, -0.2) is 13.4 Å². The maximum atomic E-state index is 12.6. The van der Waals surface area contributed by atoms with Crippen LogP contribution in [-0.2, 0) is 16.6 Å². The predicted molar refractivity (Wildman–Crippen MR) is 108 cm³/mol. The van der Waals surface area contributed by atoms with Gasteiger partial charge in [0.05, 0.1) is 20.5 Å². The van der Waals surface area contributed by atoms with Crippen molar-refractivity contribution >= 4 is 33.0 Å². The summed E-state index contributed by atoms with van der Waals surface area (Å²) in [5, 5.41) is 12.0. The molecule has 9 nitrogen and oxygen atoms in total. The van der Waals surface area contributed by atoms with Gasteiger partial charge in [0, 0.05) is 31.5 Å². The molecule has 0 amide bonds. The molecule has 0 saturated carbocycles. The van der Waals surface area contributed by atoms with E-state index in [1.807, 2.05) is 0 Å². The zero-order chi connectivity index (χ0) is 21.2. The Kier molecular flexibility index (Phi) is 6.06. The van der Waals surface area contributed by atoms with E-state index in [0.717, 1.165) is 6.07 Å². The maximum Gasteiger partial charge on any atom is 0.312 e. The molecular weight excluding hydrogens is 420 g/mol. The van der Waals surface area contributed by atoms with Crippen molar-refractivity contribution in [3.63, 3.8) is 0 Å². The largest absolute Gasteiger partial charge is 0.480 e. The molecule has 0 aliphatic heterocycles. The number of pyridine rings is 1. The summed E-state index contributed by atoms with van der Waals surface area (Å²) in [6, 6.07) is 7.06. The van der Waals surface area contributed by atoms with Gasteiger partial charge in [-0.1, -0.05) is 25.4 Å². The molecule has 0 N–H and O–H groups in total. The molecule has 11 heteroatoms. The van der Waals surface area contributed by atoms with E-state index in [4.69, 9.17) is 16.3 Å². The Labute approximate surface area is 172 Å². The van der Waals surface area contributed by atoms with E-state index in [1.165, 1.54) is 16.4 Å². The lowest BCUT2D eigenvalue weighted by molar-refractivity contribution is -0.386. The van der Waals surface area contributed by atoms with Gasteiger partial charge in [0.2, 0.25) is 10.0 Å². The number of hydrogen-bond acceptors (Lipinski definition) is 6. The molecule has 2 heterocycles. The number of sulfonamides is 1. The monoisotopic (exact) mass is 438 g/mol. The normalized spacial score (nSPS) is 11.9. The number of ether oxygens (including phenoxy) is 1. The summed E-state index contributed by atoms with van der Waals surface area (Å²) in [5.74, 6) is -0.0383. The number of rotatable bonds is 8. The maximum absolute atomic E-state index is 12.6. The molecule has 29 heavy (non-hydrogen) atoms. The molecule has 0 unspecified atom stereocenters. The molecule has 1 aromatic carbocycles. The molecule has 0 radical (unpaired) electrons. The smallest absolute Gasteiger partial charge is 0.312 e. The van der Waals surface area contributed by atoms with Crippen molar-refractivity contribution in [1.82, 2.24) is 13.7 Å². The molecule has 3 rings (SSSR count). The van der Waals surface area contributed by atoms with Crippen LogP contribution in [0.25, 0.3) is 5.65 Å². The van der Waals surface area contributed by atoms with Gasteiger partial charge in [-0.15, -0.1) is 0 Å². The lowest BCUT2D eigenvalue weighted by Gasteiger charge is -2.18. The van der Waals surface area contributed by atoms with Crippen LogP contribution in [0.15, 0.2) is 47.6 Å². The standard InChI is InChI=1S/C18H19ClN4O5S/c1-3-22(4-2)29(26,27)15-6-7-17(16(9-15)23(24)25)28-12-14-11-21-10-13(19)5-8-18(21)20-14/h5-11H,3-4,12H2,1-2H3. The van der Waals surface area contributed by atoms with Crippen LogP contribution in [0, 0.1) is 10.1 Å². The highest BCUT2D eigenvalue weighted by Gasteiger charge is 2.26. The summed E-state index contributed by atoms with van der Waals surface area (Å²) < 4.78 is 33.8. The first-order valence-electron chi connectivity index (χ1n) is 8.80. The van der Waals surface area contributed by atoms with Crippen molar-refractivity contribution in [2.24, 2.45) is 0 Å². The number of fused-ring (bicyclic) bond motifs is 1. The average Bonchev–Trinajstić information content (AvgIpc) is 3.08. The van der Waals surface area contributed by atoms with E-state index in [-0.39, 0.29) is 30.3 Å². The SMILES string of the molecule is CCN(CC)S(=O)(=O)c1ccc(OCc2cn3cc(Cl)ccc3n2)c([N+](=O)[O-])c1. The number of nitro benzene ring substituents is 1. The number of nitrogens with zero attached hydrogens (tertiary/aromatic N) is 4. The van der Waals surface area contributed by atoms with Crippen LogP contribution in [0.3, 0.4) is 0 Å². The third-order valence-electron chi connectivity index (χ3n) is 4.31. The molecule has 0 bridgehead atoms. The molecule has 0 saturated heterocycles. The number of hydrogen-bond donors (Lipinski definition) is 0. The summed E-state index contributed by atoms with van der Waals surface area (Å²) in [6.45, 7) is 3.91. The summed E-state index contributed by atoms with van der Waals surface area (Å²) in [5.41, 5.74) is 0.773. The Morgan fingerprint density at radius 3 is 2.59 bits per heavy atom. The van der Waals surface area contributed by atoms with E-state index in [0.29, 0.717) is 16.4 Å². The van der Waals surface area contributed by atoms with E-state index >= 15 is 0 Å². The lowest BCUT2D eigenvalue weighted by atomic mass is 10.3. The summed E-state index contributed by atoms with van der Waals surface area (Å²) in [4.78, 5) is 15.0. The number of imidazole rings is 1. The zero-order valence-electron chi connectivity index (χ0n) is 15.8. The topological polar surface area (TPSA) is 107 Å². The van der Waals surface area contributed by atoms with Crippen molar-refractivity contribution in [2.75, 3.05) is 13.1 Å². The molecule has 0 fully saturated rings. The Bertz CT molecular complexity index is 1160. The van der Waals surface area contributed by atoms with Crippen LogP contribution in [-0.4, -0.2) is 40.1 Å². The fourth-order valence-electron chi connectivity index (χ4n) is 2.87. The Morgan fingerprint density at radius 2 is 1.93 bits per heavy atom. The quantitative estimate of drug-likeness (QED) is 0.393. The van der Waals surface area contributed by atoms with Crippen LogP contribution in [0.4, 0.5) is 5.69 Å². The number of nitro groups is 1. The van der Waals surface area contributed by atoms with Gasteiger partial charge in [0.15, 0.2) is 5.75 Å². The number of benzene rings is 1. The molecule has 2 aromatic heterocycles. The second-order valence-corrected chi connectivity index (χ2v) is 8.48. The van der Waals surface area contributed by atoms with Crippen molar-refractivity contribution in [3.05, 3.63) is 63.6 Å². The fraction of sp³-hybridized carbons (Fsp3) is 0.278. The van der Waals surface area contributed by atoms with Crippen LogP contribution in [0.5, 0.6) is 5.75 Å². The van der Waals surface area contributed by atoms with Gasteiger partial charge in [-0.05, 0) is 24.3 Å². The lowest BCUT2D eigenvalue weighted by Crippen LogP contribution is -2.30. The van der Waals surface area contributed by atoms with E-state index in [9.17, 15) is 18.5 Å². The number of halogens is 1. The first-order valence-corrected chi connectivity index (χ1v) is 10.6. The van der Waals surface area contributed by atoms with Gasteiger partial charge in [0.1, 0.15) is 12.3 Å². The molecule has 3 aromatic rings. The molecule has 0 atom stereocenters. The van der Waals surface area contributed by atoms with Crippen molar-refractivity contribution in [1.29, 1.82) is 0 Å². The average molecular weight is 439 g/mol. The second-order valence-electron chi connectivity index (χ2n) is 6.11. The molecule has 0 spiro atoms. The molecular formula is C18H19ClN4O5S. The predicted octanol–water partition coefficient (Wildman–Crippen LogP) is 3.51. The van der Waals surface area contributed by atoms with Crippen LogP contribution in [0.2, 0.25) is 5.02 Å². The summed E-state index contributed by atoms with van der Waals surface area (Å²) >= 11 is 5.94.